The molecule has 0 aliphatic carbocycles. The summed E-state index contributed by atoms with van der Waals surface area (Å²) in [6.07, 6.45) is 1.58. The summed E-state index contributed by atoms with van der Waals surface area (Å²) in [7, 11) is -3.16. The molecule has 2 aromatic heterocycles. The topological polar surface area (TPSA) is 37.1 Å². The number of pyridine rings is 1. The summed E-state index contributed by atoms with van der Waals surface area (Å²) in [6, 6.07) is 60.1. The van der Waals surface area contributed by atoms with E-state index < -0.39 is 14.9 Å². The molecule has 258 valence electrons. The number of hydrogen-bond donors (Lipinski definition) is 0. The summed E-state index contributed by atoms with van der Waals surface area (Å²) in [5.74, 6) is 0.535. The van der Waals surface area contributed by atoms with Crippen LogP contribution in [0.15, 0.2) is 158 Å². The van der Waals surface area contributed by atoms with Crippen LogP contribution in [0.3, 0.4) is 0 Å². The summed E-state index contributed by atoms with van der Waals surface area (Å²) in [5, 5.41) is 10.6. The quantitative estimate of drug-likeness (QED) is 0.0715. The molecule has 0 fully saturated rings. The molecule has 0 saturated carbocycles. The molecule has 0 amide bonds. The molecule has 0 unspecified atom stereocenters. The molecule has 0 saturated heterocycles. The predicted octanol–water partition coefficient (Wildman–Crippen LogP) is 7.67. The smallest absolute Gasteiger partial charge is 0.145 e. The van der Waals surface area contributed by atoms with Crippen molar-refractivity contribution in [1.82, 2.24) is 9.55 Å². The third-order valence-electron chi connectivity index (χ3n) is 9.82. The molecule has 3 heterocycles. The number of benzene rings is 6. The third kappa shape index (κ3) is 5.41. The largest absolute Gasteiger partial charge is 0.319 e. The second-order valence-corrected chi connectivity index (χ2v) is 16.9. The SMILES string of the molecule is [2H]C([2H])([2H])c1ccnc(-n2c3[c-]c([Si](c4[c-]c(N5[OH+]N(C(C)C)c6ccccc65)ccc4)(c4ccccc4)c4ccccc4)ccc3c3ccccc32)c1.[Pt]. The normalized spacial score (nSPS) is 13.9. The Hall–Kier alpha value is -5.26. The molecular weight excluding hydrogens is 836 g/mol. The molecule has 7 heteroatoms. The second kappa shape index (κ2) is 13.7. The number of hydroxylamine groups is 1. The van der Waals surface area contributed by atoms with E-state index in [1.54, 1.807) is 18.3 Å². The van der Waals surface area contributed by atoms with Crippen LogP contribution in [0.25, 0.3) is 27.6 Å². The van der Waals surface area contributed by atoms with Crippen LogP contribution in [0.4, 0.5) is 17.1 Å². The molecular formula is C45H37N4OPtSi-. The predicted molar refractivity (Wildman–Crippen MR) is 213 cm³/mol. The van der Waals surface area contributed by atoms with Gasteiger partial charge in [-0.2, -0.15) is 51.7 Å². The number of fused-ring (bicyclic) bond motifs is 4. The van der Waals surface area contributed by atoms with Gasteiger partial charge in [0.25, 0.3) is 0 Å². The van der Waals surface area contributed by atoms with Crippen LogP contribution in [0, 0.1) is 19.0 Å². The van der Waals surface area contributed by atoms with Crippen LogP contribution in [0.1, 0.15) is 23.5 Å². The average molecular weight is 876 g/mol. The second-order valence-electron chi connectivity index (χ2n) is 13.1. The van der Waals surface area contributed by atoms with Gasteiger partial charge in [-0.15, -0.1) is 21.6 Å². The van der Waals surface area contributed by atoms with Crippen LogP contribution in [0.5, 0.6) is 0 Å². The van der Waals surface area contributed by atoms with Gasteiger partial charge in [-0.25, -0.2) is 4.98 Å². The van der Waals surface area contributed by atoms with Crippen molar-refractivity contribution in [2.24, 2.45) is 0 Å². The molecule has 0 bridgehead atoms. The Labute approximate surface area is 324 Å². The zero-order valence-electron chi connectivity index (χ0n) is 31.6. The van der Waals surface area contributed by atoms with E-state index in [4.69, 9.17) is 14.0 Å². The van der Waals surface area contributed by atoms with Gasteiger partial charge in [0.15, 0.2) is 0 Å². The van der Waals surface area contributed by atoms with Gasteiger partial charge in [0, 0.05) is 42.6 Å². The minimum Gasteiger partial charge on any atom is -0.319 e. The molecule has 8 aromatic rings. The summed E-state index contributed by atoms with van der Waals surface area (Å²) in [4.78, 5) is 9.83. The van der Waals surface area contributed by atoms with E-state index in [1.165, 1.54) is 10.4 Å². The van der Waals surface area contributed by atoms with E-state index in [0.29, 0.717) is 5.82 Å². The van der Waals surface area contributed by atoms with E-state index in [0.717, 1.165) is 49.2 Å². The summed E-state index contributed by atoms with van der Waals surface area (Å²) in [5.41, 5.74) is 4.93. The number of hydrogen-bond acceptors (Lipinski definition) is 3. The first kappa shape index (κ1) is 30.4. The van der Waals surface area contributed by atoms with E-state index in [2.05, 4.69) is 157 Å². The number of para-hydroxylation sites is 3. The Bertz CT molecular complexity index is 2610. The Morgan fingerprint density at radius 2 is 1.35 bits per heavy atom. The Kier molecular flexibility index (Phi) is 8.00. The maximum atomic E-state index is 8.15. The van der Waals surface area contributed by atoms with Crippen molar-refractivity contribution in [2.75, 3.05) is 10.1 Å². The number of rotatable bonds is 7. The number of anilines is 3. The Balaban J connectivity index is 0.00000427. The summed E-state index contributed by atoms with van der Waals surface area (Å²) < 4.78 is 26.5. The minimum absolute atomic E-state index is 0. The first-order valence-electron chi connectivity index (χ1n) is 18.7. The van der Waals surface area contributed by atoms with Gasteiger partial charge in [0.2, 0.25) is 0 Å². The number of nitrogens with zero attached hydrogens (tertiary/aromatic N) is 4. The fraction of sp³-hybridized carbons (Fsp3) is 0.0889. The van der Waals surface area contributed by atoms with Crippen LogP contribution < -0.4 is 30.9 Å². The van der Waals surface area contributed by atoms with Crippen LogP contribution in [-0.2, 0) is 21.1 Å². The zero-order valence-corrected chi connectivity index (χ0v) is 31.9. The van der Waals surface area contributed by atoms with Gasteiger partial charge in [0.05, 0.1) is 6.04 Å². The van der Waals surface area contributed by atoms with Gasteiger partial charge >= 0.3 is 0 Å². The van der Waals surface area contributed by atoms with Crippen LogP contribution in [0.2, 0.25) is 0 Å². The van der Waals surface area contributed by atoms with Gasteiger partial charge < -0.3 is 4.57 Å². The van der Waals surface area contributed by atoms with Gasteiger partial charge in [0.1, 0.15) is 25.3 Å². The zero-order chi connectivity index (χ0) is 37.0. The Morgan fingerprint density at radius 1 is 0.673 bits per heavy atom. The monoisotopic (exact) mass is 875 g/mol. The standard InChI is InChI=1S/C45H36N4OSi.Pt/c1-32(2)48-42-23-12-13-24-43(42)49(50-48)34-15-14-20-37(30-34)51(35-16-6-4-7-17-35,36-18-8-5-9-19-36)38-25-26-40-39-21-10-11-22-41(39)47(44(40)31-38)45-29-33(3)27-28-46-45;/h4-29,32H,1-3H3;/q-2;/p+1/i3D3;. The Morgan fingerprint density at radius 3 is 2.08 bits per heavy atom. The van der Waals surface area contributed by atoms with Crippen molar-refractivity contribution in [2.45, 2.75) is 26.7 Å². The molecule has 5 nitrogen and oxygen atoms in total. The average Bonchev–Trinajstić information content (AvgIpc) is 3.76. The summed E-state index contributed by atoms with van der Waals surface area (Å²) >= 11 is 0. The van der Waals surface area contributed by atoms with E-state index >= 15 is 0 Å². The van der Waals surface area contributed by atoms with Crippen molar-refractivity contribution in [3.05, 3.63) is 176 Å². The van der Waals surface area contributed by atoms with E-state index in [9.17, 15) is 0 Å². The molecule has 1 N–H and O–H groups in total. The van der Waals surface area contributed by atoms with Crippen molar-refractivity contribution in [1.29, 1.82) is 0 Å². The maximum absolute atomic E-state index is 8.15. The van der Waals surface area contributed by atoms with Crippen molar-refractivity contribution in [3.8, 4) is 5.82 Å². The fourth-order valence-corrected chi connectivity index (χ4v) is 12.1. The minimum atomic E-state index is -3.16. The van der Waals surface area contributed by atoms with Gasteiger partial charge in [-0.1, -0.05) is 96.5 Å². The molecule has 0 atom stereocenters. The first-order chi connectivity index (χ1) is 26.2. The number of aromatic nitrogens is 2. The van der Waals surface area contributed by atoms with Crippen molar-refractivity contribution in [3.63, 3.8) is 0 Å². The molecule has 1 aliphatic rings. The summed E-state index contributed by atoms with van der Waals surface area (Å²) in [6.45, 7) is 2.02. The van der Waals surface area contributed by atoms with Crippen LogP contribution >= 0.6 is 0 Å². The molecule has 0 spiro atoms. The van der Waals surface area contributed by atoms with Gasteiger partial charge in [-0.3, -0.25) is 0 Å². The first-order valence-corrected chi connectivity index (χ1v) is 19.2. The maximum Gasteiger partial charge on any atom is 0.145 e. The molecule has 6 aromatic carbocycles. The third-order valence-corrected chi connectivity index (χ3v) is 14.4. The molecule has 9 rings (SSSR count). The van der Waals surface area contributed by atoms with Crippen LogP contribution in [-0.4, -0.2) is 28.6 Å². The van der Waals surface area contributed by atoms with E-state index in [1.807, 2.05) is 23.3 Å². The molecule has 52 heavy (non-hydrogen) atoms. The van der Waals surface area contributed by atoms with E-state index in [-0.39, 0.29) is 32.7 Å². The molecule has 1 aliphatic heterocycles. The number of aryl methyl sites for hydroxylation is 1. The van der Waals surface area contributed by atoms with Crippen molar-refractivity contribution >= 4 is 67.7 Å². The van der Waals surface area contributed by atoms with Gasteiger partial charge in [-0.05, 0) is 72.4 Å². The fourth-order valence-electron chi connectivity index (χ4n) is 7.59. The molecule has 0 radical (unpaired) electrons. The van der Waals surface area contributed by atoms with Crippen molar-refractivity contribution < 1.29 is 30.1 Å².